The lowest BCUT2D eigenvalue weighted by Gasteiger charge is -2.15. The van der Waals surface area contributed by atoms with Gasteiger partial charge in [0, 0.05) is 18.8 Å². The molecule has 0 saturated carbocycles. The Bertz CT molecular complexity index is 385. The molecule has 0 radical (unpaired) electrons. The summed E-state index contributed by atoms with van der Waals surface area (Å²) in [5, 5.41) is 5.70. The predicted molar refractivity (Wildman–Crippen MR) is 69.0 cm³/mol. The zero-order chi connectivity index (χ0) is 13.4. The first-order valence-electron chi connectivity index (χ1n) is 5.93. The standard InChI is InChI=1S/C13H19FN2O2/c1-3-11(9-18-2)15-8-13(17)16-12-6-4-5-10(14)7-12/h4-7,11,15H,3,8-9H2,1-2H3,(H,16,17). The molecule has 0 aromatic heterocycles. The Kier molecular flexibility index (Phi) is 6.32. The molecule has 1 aromatic rings. The molecule has 5 heteroatoms. The molecule has 1 unspecified atom stereocenters. The monoisotopic (exact) mass is 254 g/mol. The van der Waals surface area contributed by atoms with Gasteiger partial charge in [-0.05, 0) is 24.6 Å². The van der Waals surface area contributed by atoms with Gasteiger partial charge in [0.25, 0.3) is 0 Å². The molecule has 1 rings (SSSR count). The Morgan fingerprint density at radius 1 is 1.50 bits per heavy atom. The molecule has 0 heterocycles. The number of hydrogen-bond donors (Lipinski definition) is 2. The SMILES string of the molecule is CCC(COC)NCC(=O)Nc1cccc(F)c1. The largest absolute Gasteiger partial charge is 0.383 e. The fourth-order valence-corrected chi connectivity index (χ4v) is 1.53. The Morgan fingerprint density at radius 2 is 2.28 bits per heavy atom. The van der Waals surface area contributed by atoms with Gasteiger partial charge in [0.2, 0.25) is 5.91 Å². The van der Waals surface area contributed by atoms with Gasteiger partial charge >= 0.3 is 0 Å². The highest BCUT2D eigenvalue weighted by atomic mass is 19.1. The van der Waals surface area contributed by atoms with Crippen LogP contribution in [0, 0.1) is 5.82 Å². The molecule has 0 aliphatic rings. The average Bonchev–Trinajstić information content (AvgIpc) is 2.34. The number of halogens is 1. The van der Waals surface area contributed by atoms with Crippen molar-refractivity contribution in [1.29, 1.82) is 0 Å². The Balaban J connectivity index is 2.37. The molecule has 1 atom stereocenters. The van der Waals surface area contributed by atoms with Crippen molar-refractivity contribution >= 4 is 11.6 Å². The molecule has 0 saturated heterocycles. The van der Waals surface area contributed by atoms with Gasteiger partial charge in [0.05, 0.1) is 13.2 Å². The van der Waals surface area contributed by atoms with Crippen LogP contribution in [-0.4, -0.2) is 32.2 Å². The van der Waals surface area contributed by atoms with E-state index in [2.05, 4.69) is 10.6 Å². The predicted octanol–water partition coefficient (Wildman–Crippen LogP) is 1.78. The second kappa shape index (κ2) is 7.79. The fraction of sp³-hybridized carbons (Fsp3) is 0.462. The van der Waals surface area contributed by atoms with Gasteiger partial charge in [0.1, 0.15) is 5.82 Å². The van der Waals surface area contributed by atoms with E-state index in [0.29, 0.717) is 12.3 Å². The fourth-order valence-electron chi connectivity index (χ4n) is 1.53. The van der Waals surface area contributed by atoms with Gasteiger partial charge < -0.3 is 15.4 Å². The summed E-state index contributed by atoms with van der Waals surface area (Å²) < 4.78 is 17.9. The van der Waals surface area contributed by atoms with Gasteiger partial charge in [0.15, 0.2) is 0 Å². The van der Waals surface area contributed by atoms with Crippen LogP contribution in [0.25, 0.3) is 0 Å². The topological polar surface area (TPSA) is 50.4 Å². The molecular formula is C13H19FN2O2. The summed E-state index contributed by atoms with van der Waals surface area (Å²) in [6.07, 6.45) is 0.876. The van der Waals surface area contributed by atoms with Crippen LogP contribution >= 0.6 is 0 Å². The molecule has 0 aliphatic heterocycles. The molecule has 1 amide bonds. The van der Waals surface area contributed by atoms with Gasteiger partial charge in [-0.3, -0.25) is 4.79 Å². The summed E-state index contributed by atoms with van der Waals surface area (Å²) in [5.74, 6) is -0.568. The summed E-state index contributed by atoms with van der Waals surface area (Å²) in [6.45, 7) is 2.75. The Morgan fingerprint density at radius 3 is 2.89 bits per heavy atom. The average molecular weight is 254 g/mol. The third-order valence-corrected chi connectivity index (χ3v) is 2.52. The number of benzene rings is 1. The van der Waals surface area contributed by atoms with E-state index in [0.717, 1.165) is 6.42 Å². The number of carbonyl (C=O) groups is 1. The maximum Gasteiger partial charge on any atom is 0.238 e. The minimum Gasteiger partial charge on any atom is -0.383 e. The summed E-state index contributed by atoms with van der Waals surface area (Å²) in [6, 6.07) is 5.96. The van der Waals surface area contributed by atoms with Crippen molar-refractivity contribution in [3.63, 3.8) is 0 Å². The first kappa shape index (κ1) is 14.6. The van der Waals surface area contributed by atoms with E-state index >= 15 is 0 Å². The van der Waals surface area contributed by atoms with Crippen molar-refractivity contribution < 1.29 is 13.9 Å². The number of anilines is 1. The number of carbonyl (C=O) groups excluding carboxylic acids is 1. The summed E-state index contributed by atoms with van der Waals surface area (Å²) in [4.78, 5) is 11.6. The molecule has 0 aliphatic carbocycles. The molecule has 0 spiro atoms. The van der Waals surface area contributed by atoms with E-state index in [4.69, 9.17) is 4.74 Å². The highest BCUT2D eigenvalue weighted by Crippen LogP contribution is 2.08. The zero-order valence-electron chi connectivity index (χ0n) is 10.7. The van der Waals surface area contributed by atoms with Crippen LogP contribution in [0.15, 0.2) is 24.3 Å². The van der Waals surface area contributed by atoms with Crippen LogP contribution in [0.2, 0.25) is 0 Å². The molecule has 2 N–H and O–H groups in total. The van der Waals surface area contributed by atoms with Crippen molar-refractivity contribution in [3.05, 3.63) is 30.1 Å². The van der Waals surface area contributed by atoms with Crippen LogP contribution in [0.4, 0.5) is 10.1 Å². The third-order valence-electron chi connectivity index (χ3n) is 2.52. The summed E-state index contributed by atoms with van der Waals surface area (Å²) in [7, 11) is 1.62. The van der Waals surface area contributed by atoms with Gasteiger partial charge in [-0.1, -0.05) is 13.0 Å². The van der Waals surface area contributed by atoms with Crippen LogP contribution < -0.4 is 10.6 Å². The second-order valence-corrected chi connectivity index (χ2v) is 4.00. The number of ether oxygens (including phenoxy) is 1. The van der Waals surface area contributed by atoms with E-state index in [1.807, 2.05) is 6.92 Å². The number of methoxy groups -OCH3 is 1. The lowest BCUT2D eigenvalue weighted by molar-refractivity contribution is -0.115. The number of nitrogens with one attached hydrogen (secondary N) is 2. The molecule has 100 valence electrons. The minimum atomic E-state index is -0.369. The molecule has 1 aromatic carbocycles. The molecule has 18 heavy (non-hydrogen) atoms. The lowest BCUT2D eigenvalue weighted by atomic mass is 10.2. The zero-order valence-corrected chi connectivity index (χ0v) is 10.7. The van der Waals surface area contributed by atoms with E-state index < -0.39 is 0 Å². The maximum absolute atomic E-state index is 12.9. The van der Waals surface area contributed by atoms with Crippen molar-refractivity contribution in [1.82, 2.24) is 5.32 Å². The van der Waals surface area contributed by atoms with Gasteiger partial charge in [-0.25, -0.2) is 4.39 Å². The molecule has 0 fully saturated rings. The quantitative estimate of drug-likeness (QED) is 0.780. The van der Waals surface area contributed by atoms with E-state index in [-0.39, 0.29) is 24.3 Å². The van der Waals surface area contributed by atoms with Crippen molar-refractivity contribution in [3.8, 4) is 0 Å². The Hall–Kier alpha value is -1.46. The summed E-state index contributed by atoms with van der Waals surface area (Å²) in [5.41, 5.74) is 0.460. The number of hydrogen-bond acceptors (Lipinski definition) is 3. The van der Waals surface area contributed by atoms with Crippen molar-refractivity contribution in [2.75, 3.05) is 25.6 Å². The summed E-state index contributed by atoms with van der Waals surface area (Å²) >= 11 is 0. The lowest BCUT2D eigenvalue weighted by Crippen LogP contribution is -2.38. The van der Waals surface area contributed by atoms with Crippen molar-refractivity contribution in [2.45, 2.75) is 19.4 Å². The van der Waals surface area contributed by atoms with E-state index in [9.17, 15) is 9.18 Å². The second-order valence-electron chi connectivity index (χ2n) is 4.00. The first-order chi connectivity index (χ1) is 8.65. The smallest absolute Gasteiger partial charge is 0.238 e. The molecule has 4 nitrogen and oxygen atoms in total. The van der Waals surface area contributed by atoms with Crippen LogP contribution in [0.3, 0.4) is 0 Å². The number of rotatable bonds is 7. The first-order valence-corrected chi connectivity index (χ1v) is 5.93. The maximum atomic E-state index is 12.9. The number of amides is 1. The third kappa shape index (κ3) is 5.25. The highest BCUT2D eigenvalue weighted by Gasteiger charge is 2.08. The van der Waals surface area contributed by atoms with Gasteiger partial charge in [-0.2, -0.15) is 0 Å². The van der Waals surface area contributed by atoms with E-state index in [1.165, 1.54) is 12.1 Å². The minimum absolute atomic E-state index is 0.147. The van der Waals surface area contributed by atoms with Crippen LogP contribution in [0.5, 0.6) is 0 Å². The van der Waals surface area contributed by atoms with Crippen LogP contribution in [-0.2, 0) is 9.53 Å². The van der Waals surface area contributed by atoms with Crippen LogP contribution in [0.1, 0.15) is 13.3 Å². The molecule has 0 bridgehead atoms. The molecular weight excluding hydrogens is 235 g/mol. The normalized spacial score (nSPS) is 12.2. The van der Waals surface area contributed by atoms with Crippen molar-refractivity contribution in [2.24, 2.45) is 0 Å². The van der Waals surface area contributed by atoms with Gasteiger partial charge in [-0.15, -0.1) is 0 Å². The highest BCUT2D eigenvalue weighted by molar-refractivity contribution is 5.92. The Labute approximate surface area is 107 Å². The van der Waals surface area contributed by atoms with E-state index in [1.54, 1.807) is 19.2 Å².